The van der Waals surface area contributed by atoms with Gasteiger partial charge in [0.1, 0.15) is 5.69 Å². The molecule has 0 saturated carbocycles. The van der Waals surface area contributed by atoms with Crippen LogP contribution >= 0.6 is 11.6 Å². The molecule has 0 aliphatic carbocycles. The molecule has 9 nitrogen and oxygen atoms in total. The van der Waals surface area contributed by atoms with Crippen LogP contribution in [0.4, 0.5) is 5.69 Å². The van der Waals surface area contributed by atoms with Crippen molar-refractivity contribution < 1.29 is 13.2 Å². The summed E-state index contributed by atoms with van der Waals surface area (Å²) in [5, 5.41) is 4.84. The first-order valence-electron chi connectivity index (χ1n) is 11.1. The molecule has 0 spiro atoms. The molecule has 184 valence electrons. The van der Waals surface area contributed by atoms with E-state index in [4.69, 9.17) is 16.3 Å². The maximum atomic E-state index is 13.4. The lowest BCUT2D eigenvalue weighted by Crippen LogP contribution is -2.52. The molecule has 1 aliphatic heterocycles. The Labute approximate surface area is 205 Å². The Morgan fingerprint density at radius 3 is 2.59 bits per heavy atom. The fourth-order valence-corrected chi connectivity index (χ4v) is 4.91. The molecule has 1 aliphatic rings. The number of nitrogens with one attached hydrogen (secondary N) is 1. The van der Waals surface area contributed by atoms with Crippen molar-refractivity contribution in [2.24, 2.45) is 0 Å². The lowest BCUT2D eigenvalue weighted by molar-refractivity contribution is 0.299. The van der Waals surface area contributed by atoms with E-state index >= 15 is 0 Å². The molecule has 1 aromatic heterocycles. The molecule has 0 radical (unpaired) electrons. The predicted octanol–water partition coefficient (Wildman–Crippen LogP) is 2.76. The van der Waals surface area contributed by atoms with E-state index in [0.29, 0.717) is 36.1 Å². The maximum Gasteiger partial charge on any atom is 0.316 e. The first-order chi connectivity index (χ1) is 16.4. The molecule has 11 heteroatoms. The van der Waals surface area contributed by atoms with Gasteiger partial charge in [-0.2, -0.15) is 27.2 Å². The molecule has 1 saturated heterocycles. The van der Waals surface area contributed by atoms with Crippen molar-refractivity contribution >= 4 is 27.5 Å². The Morgan fingerprint density at radius 2 is 1.91 bits per heavy atom. The minimum absolute atomic E-state index is 0.165. The fourth-order valence-electron chi connectivity index (χ4n) is 3.57. The summed E-state index contributed by atoms with van der Waals surface area (Å²) in [6.07, 6.45) is 7.47. The average Bonchev–Trinajstić information content (AvgIpc) is 2.83. The summed E-state index contributed by atoms with van der Waals surface area (Å²) in [6, 6.07) is 6.87. The van der Waals surface area contributed by atoms with Crippen LogP contribution in [0, 0.1) is 0 Å². The van der Waals surface area contributed by atoms with Crippen molar-refractivity contribution in [1.82, 2.24) is 18.8 Å². The number of unbranched alkanes of at least 4 members (excludes halogenated alkanes) is 2. The SMILES string of the molecule is C=CCCCCOc1c(N2CCN(S(=O)(=O)NCC=C)CC2)cnn(-c2cccc(Cl)c2)c1=O. The van der Waals surface area contributed by atoms with Crippen LogP contribution in [0.5, 0.6) is 5.75 Å². The maximum absolute atomic E-state index is 13.4. The highest BCUT2D eigenvalue weighted by Gasteiger charge is 2.29. The van der Waals surface area contributed by atoms with Crippen molar-refractivity contribution in [3.8, 4) is 11.4 Å². The molecule has 0 atom stereocenters. The number of rotatable bonds is 12. The van der Waals surface area contributed by atoms with E-state index in [-0.39, 0.29) is 25.4 Å². The zero-order chi connectivity index (χ0) is 24.6. The zero-order valence-corrected chi connectivity index (χ0v) is 20.6. The number of hydrogen-bond donors (Lipinski definition) is 1. The minimum Gasteiger partial charge on any atom is -0.486 e. The van der Waals surface area contributed by atoms with E-state index in [1.165, 1.54) is 15.1 Å². The van der Waals surface area contributed by atoms with Crippen LogP contribution in [0.2, 0.25) is 5.02 Å². The van der Waals surface area contributed by atoms with E-state index in [1.54, 1.807) is 30.5 Å². The Kier molecular flexibility index (Phi) is 9.28. The minimum atomic E-state index is -3.59. The number of benzene rings is 1. The Bertz CT molecular complexity index is 1160. The molecule has 0 unspecified atom stereocenters. The molecular weight excluding hydrogens is 478 g/mol. The smallest absolute Gasteiger partial charge is 0.316 e. The summed E-state index contributed by atoms with van der Waals surface area (Å²) in [5.41, 5.74) is 0.680. The third-order valence-corrected chi connectivity index (χ3v) is 7.16. The molecular formula is C23H30ClN5O4S. The number of aromatic nitrogens is 2. The van der Waals surface area contributed by atoms with E-state index in [9.17, 15) is 13.2 Å². The normalized spacial score (nSPS) is 14.7. The summed E-state index contributed by atoms with van der Waals surface area (Å²) >= 11 is 6.10. The van der Waals surface area contributed by atoms with Crippen molar-refractivity contribution in [2.45, 2.75) is 19.3 Å². The number of halogens is 1. The van der Waals surface area contributed by atoms with Crippen LogP contribution in [0.1, 0.15) is 19.3 Å². The lowest BCUT2D eigenvalue weighted by Gasteiger charge is -2.35. The summed E-state index contributed by atoms with van der Waals surface area (Å²) in [5.74, 6) is 0.190. The molecule has 1 N–H and O–H groups in total. The van der Waals surface area contributed by atoms with Crippen LogP contribution < -0.4 is 19.9 Å². The molecule has 2 heterocycles. The summed E-state index contributed by atoms with van der Waals surface area (Å²) < 4.78 is 35.9. The van der Waals surface area contributed by atoms with Gasteiger partial charge in [0, 0.05) is 37.7 Å². The third kappa shape index (κ3) is 6.47. The summed E-state index contributed by atoms with van der Waals surface area (Å²) in [7, 11) is -3.59. The Balaban J connectivity index is 1.84. The van der Waals surface area contributed by atoms with Gasteiger partial charge in [0.15, 0.2) is 0 Å². The van der Waals surface area contributed by atoms with Gasteiger partial charge in [-0.3, -0.25) is 4.79 Å². The van der Waals surface area contributed by atoms with Crippen LogP contribution in [0.3, 0.4) is 0 Å². The Hall–Kier alpha value is -2.66. The second-order valence-corrected chi connectivity index (χ2v) is 9.91. The topological polar surface area (TPSA) is 96.8 Å². The number of piperazine rings is 1. The van der Waals surface area contributed by atoms with Gasteiger partial charge in [0.25, 0.3) is 10.2 Å². The number of hydrogen-bond acceptors (Lipinski definition) is 6. The monoisotopic (exact) mass is 507 g/mol. The van der Waals surface area contributed by atoms with Gasteiger partial charge in [-0.15, -0.1) is 13.2 Å². The van der Waals surface area contributed by atoms with Gasteiger partial charge in [0.05, 0.1) is 18.5 Å². The van der Waals surface area contributed by atoms with Crippen molar-refractivity contribution in [3.05, 3.63) is 71.1 Å². The average molecular weight is 508 g/mol. The first-order valence-corrected chi connectivity index (χ1v) is 12.9. The van der Waals surface area contributed by atoms with Crippen LogP contribution in [-0.2, 0) is 10.2 Å². The third-order valence-electron chi connectivity index (χ3n) is 5.35. The molecule has 1 fully saturated rings. The van der Waals surface area contributed by atoms with Crippen LogP contribution in [0.15, 0.2) is 60.6 Å². The second-order valence-electron chi connectivity index (χ2n) is 7.72. The standard InChI is InChI=1S/C23H30ClN5O4S/c1-3-5-6-7-16-33-22-21(18-25-29(23(22)30)20-10-8-9-19(24)17-20)27-12-14-28(15-13-27)34(31,32)26-11-4-2/h3-4,8-10,17-18,26H,1-2,5-7,11-16H2. The van der Waals surface area contributed by atoms with Gasteiger partial charge < -0.3 is 9.64 Å². The van der Waals surface area contributed by atoms with Gasteiger partial charge >= 0.3 is 5.56 Å². The van der Waals surface area contributed by atoms with Crippen LogP contribution in [-0.4, -0.2) is 61.8 Å². The van der Waals surface area contributed by atoms with Gasteiger partial charge in [-0.1, -0.05) is 29.8 Å². The molecule has 3 rings (SSSR count). The lowest BCUT2D eigenvalue weighted by atomic mass is 10.2. The van der Waals surface area contributed by atoms with Gasteiger partial charge in [-0.05, 0) is 37.5 Å². The number of ether oxygens (including phenoxy) is 1. The van der Waals surface area contributed by atoms with Gasteiger partial charge in [-0.25, -0.2) is 0 Å². The molecule has 0 amide bonds. The number of allylic oxidation sites excluding steroid dienone is 1. The van der Waals surface area contributed by atoms with E-state index in [2.05, 4.69) is 23.0 Å². The van der Waals surface area contributed by atoms with Crippen molar-refractivity contribution in [1.29, 1.82) is 0 Å². The summed E-state index contributed by atoms with van der Waals surface area (Å²) in [6.45, 7) is 9.11. The predicted molar refractivity (Wildman–Crippen MR) is 135 cm³/mol. The molecule has 1 aromatic carbocycles. The molecule has 0 bridgehead atoms. The second kappa shape index (κ2) is 12.2. The Morgan fingerprint density at radius 1 is 1.15 bits per heavy atom. The van der Waals surface area contributed by atoms with E-state index < -0.39 is 15.8 Å². The van der Waals surface area contributed by atoms with Crippen molar-refractivity contribution in [3.63, 3.8) is 0 Å². The first kappa shape index (κ1) is 26.0. The van der Waals surface area contributed by atoms with Gasteiger partial charge in [0.2, 0.25) is 5.75 Å². The number of anilines is 1. The zero-order valence-electron chi connectivity index (χ0n) is 19.0. The summed E-state index contributed by atoms with van der Waals surface area (Å²) in [4.78, 5) is 15.3. The van der Waals surface area contributed by atoms with E-state index in [1.807, 2.05) is 11.0 Å². The highest BCUT2D eigenvalue weighted by Crippen LogP contribution is 2.26. The molecule has 2 aromatic rings. The number of nitrogens with zero attached hydrogens (tertiary/aromatic N) is 4. The molecule has 34 heavy (non-hydrogen) atoms. The highest BCUT2D eigenvalue weighted by molar-refractivity contribution is 7.87. The highest BCUT2D eigenvalue weighted by atomic mass is 35.5. The quantitative estimate of drug-likeness (QED) is 0.350. The fraction of sp³-hybridized carbons (Fsp3) is 0.391. The largest absolute Gasteiger partial charge is 0.486 e. The van der Waals surface area contributed by atoms with Crippen LogP contribution in [0.25, 0.3) is 5.69 Å². The van der Waals surface area contributed by atoms with Crippen molar-refractivity contribution in [2.75, 3.05) is 44.2 Å². The van der Waals surface area contributed by atoms with E-state index in [0.717, 1.165) is 19.3 Å².